The molecule has 5 atom stereocenters. The number of hydrogen-bond acceptors (Lipinski definition) is 8. The summed E-state index contributed by atoms with van der Waals surface area (Å²) in [4.78, 5) is 22.9. The smallest absolute Gasteiger partial charge is 0.305 e. The van der Waals surface area contributed by atoms with Gasteiger partial charge in [0, 0.05) is 21.0 Å². The van der Waals surface area contributed by atoms with Gasteiger partial charge in [0.15, 0.2) is 12.2 Å². The van der Waals surface area contributed by atoms with Crippen LogP contribution >= 0.6 is 0 Å². The molecular weight excluding hydrogens is 344 g/mol. The molecule has 1 unspecified atom stereocenters. The number of hydrogen-bond donors (Lipinski definition) is 1. The van der Waals surface area contributed by atoms with Crippen LogP contribution in [0.5, 0.6) is 0 Å². The minimum atomic E-state index is -1.20. The Morgan fingerprint density at radius 1 is 1.08 bits per heavy atom. The molecule has 0 aromatic heterocycles. The molecule has 1 aromatic carbocycles. The molecule has 144 valence electrons. The van der Waals surface area contributed by atoms with Crippen LogP contribution in [0.1, 0.15) is 19.4 Å². The van der Waals surface area contributed by atoms with Crippen molar-refractivity contribution in [1.29, 1.82) is 0 Å². The molecule has 1 N–H and O–H groups in total. The maximum atomic E-state index is 11.5. The summed E-state index contributed by atoms with van der Waals surface area (Å²) in [7, 11) is 1.44. The van der Waals surface area contributed by atoms with Crippen LogP contribution < -0.4 is 0 Å². The van der Waals surface area contributed by atoms with Gasteiger partial charge in [-0.2, -0.15) is 0 Å². The fourth-order valence-electron chi connectivity index (χ4n) is 2.72. The van der Waals surface area contributed by atoms with E-state index in [0.29, 0.717) is 0 Å². The van der Waals surface area contributed by atoms with E-state index in [1.54, 1.807) is 0 Å². The molecule has 26 heavy (non-hydrogen) atoms. The number of carbonyl (C=O) groups is 2. The maximum Gasteiger partial charge on any atom is 0.305 e. The molecule has 0 spiro atoms. The number of rotatable bonds is 7. The van der Waals surface area contributed by atoms with Crippen molar-refractivity contribution >= 4 is 11.9 Å². The second-order valence-corrected chi connectivity index (χ2v) is 5.93. The van der Waals surface area contributed by atoms with E-state index in [1.807, 2.05) is 30.3 Å². The fraction of sp³-hybridized carbons (Fsp3) is 0.556. The van der Waals surface area contributed by atoms with Crippen molar-refractivity contribution in [2.45, 2.75) is 51.2 Å². The van der Waals surface area contributed by atoms with Crippen LogP contribution in [-0.2, 0) is 39.9 Å². The quantitative estimate of drug-likeness (QED) is 0.706. The zero-order valence-corrected chi connectivity index (χ0v) is 15.0. The van der Waals surface area contributed by atoms with E-state index in [9.17, 15) is 14.7 Å². The summed E-state index contributed by atoms with van der Waals surface area (Å²) in [5, 5.41) is 10.5. The zero-order chi connectivity index (χ0) is 19.1. The van der Waals surface area contributed by atoms with Crippen molar-refractivity contribution < 1.29 is 38.4 Å². The van der Waals surface area contributed by atoms with Crippen molar-refractivity contribution in [3.8, 4) is 0 Å². The lowest BCUT2D eigenvalue weighted by Gasteiger charge is -2.42. The molecule has 1 aliphatic heterocycles. The lowest BCUT2D eigenvalue weighted by atomic mass is 9.98. The minimum absolute atomic E-state index is 0.0299. The van der Waals surface area contributed by atoms with Gasteiger partial charge in [-0.05, 0) is 5.56 Å². The zero-order valence-electron chi connectivity index (χ0n) is 15.0. The van der Waals surface area contributed by atoms with Gasteiger partial charge < -0.3 is 28.8 Å². The molecule has 0 bridgehead atoms. The van der Waals surface area contributed by atoms with Gasteiger partial charge in [-0.1, -0.05) is 30.3 Å². The van der Waals surface area contributed by atoms with Crippen molar-refractivity contribution in [2.24, 2.45) is 0 Å². The number of benzene rings is 1. The van der Waals surface area contributed by atoms with Crippen LogP contribution in [0.3, 0.4) is 0 Å². The summed E-state index contributed by atoms with van der Waals surface area (Å²) in [5.74, 6) is -1.18. The fourth-order valence-corrected chi connectivity index (χ4v) is 2.72. The normalized spacial score (nSPS) is 28.4. The van der Waals surface area contributed by atoms with E-state index >= 15 is 0 Å². The summed E-state index contributed by atoms with van der Waals surface area (Å²) in [5.41, 5.74) is 0.865. The number of aliphatic hydroxyl groups excluding tert-OH is 1. The number of ether oxygens (including phenoxy) is 5. The Kier molecular flexibility index (Phi) is 7.52. The van der Waals surface area contributed by atoms with E-state index in [0.717, 1.165) is 5.56 Å². The van der Waals surface area contributed by atoms with Crippen molar-refractivity contribution in [1.82, 2.24) is 0 Å². The monoisotopic (exact) mass is 368 g/mol. The van der Waals surface area contributed by atoms with E-state index < -0.39 is 42.6 Å². The average molecular weight is 368 g/mol. The van der Waals surface area contributed by atoms with Crippen molar-refractivity contribution in [3.63, 3.8) is 0 Å². The van der Waals surface area contributed by atoms with Crippen LogP contribution in [0.15, 0.2) is 30.3 Å². The molecule has 8 nitrogen and oxygen atoms in total. The highest BCUT2D eigenvalue weighted by Crippen LogP contribution is 2.28. The Morgan fingerprint density at radius 2 is 1.73 bits per heavy atom. The Balaban J connectivity index is 2.22. The van der Waals surface area contributed by atoms with Gasteiger partial charge in [-0.15, -0.1) is 0 Å². The van der Waals surface area contributed by atoms with Gasteiger partial charge >= 0.3 is 11.9 Å². The summed E-state index contributed by atoms with van der Waals surface area (Å²) in [6.45, 7) is 2.64. The van der Waals surface area contributed by atoms with Crippen LogP contribution in [0.2, 0.25) is 0 Å². The lowest BCUT2D eigenvalue weighted by Crippen LogP contribution is -2.61. The first-order chi connectivity index (χ1) is 12.4. The molecule has 1 fully saturated rings. The molecular formula is C18H24O8. The molecule has 2 rings (SSSR count). The highest BCUT2D eigenvalue weighted by atomic mass is 16.7. The standard InChI is InChI=1S/C18H24O8/c1-11(19)24-16-15(21)14(10-22-3)26-18(25-12(2)20)17(16)23-9-13-7-5-4-6-8-13/h4-8,14-18,21H,9-10H2,1-3H3/t14-,15-,16+,17-,18?/m1/s1. The van der Waals surface area contributed by atoms with Crippen LogP contribution in [0.25, 0.3) is 0 Å². The number of esters is 2. The van der Waals surface area contributed by atoms with Crippen LogP contribution in [0.4, 0.5) is 0 Å². The van der Waals surface area contributed by atoms with Gasteiger partial charge in [0.2, 0.25) is 6.29 Å². The topological polar surface area (TPSA) is 101 Å². The van der Waals surface area contributed by atoms with Crippen molar-refractivity contribution in [2.75, 3.05) is 13.7 Å². The van der Waals surface area contributed by atoms with Gasteiger partial charge in [0.1, 0.15) is 12.2 Å². The Morgan fingerprint density at radius 3 is 2.31 bits per heavy atom. The van der Waals surface area contributed by atoms with Crippen LogP contribution in [0, 0.1) is 0 Å². The summed E-state index contributed by atoms with van der Waals surface area (Å²) >= 11 is 0. The summed E-state index contributed by atoms with van der Waals surface area (Å²) in [6, 6.07) is 9.29. The average Bonchev–Trinajstić information content (AvgIpc) is 2.58. The van der Waals surface area contributed by atoms with E-state index in [1.165, 1.54) is 21.0 Å². The third-order valence-corrected chi connectivity index (χ3v) is 3.82. The lowest BCUT2D eigenvalue weighted by molar-refractivity contribution is -0.305. The molecule has 1 heterocycles. The second-order valence-electron chi connectivity index (χ2n) is 5.93. The minimum Gasteiger partial charge on any atom is -0.457 e. The second kappa shape index (κ2) is 9.63. The Labute approximate surface area is 151 Å². The molecule has 0 aliphatic carbocycles. The third-order valence-electron chi connectivity index (χ3n) is 3.82. The van der Waals surface area contributed by atoms with E-state index in [4.69, 9.17) is 23.7 Å². The molecule has 8 heteroatoms. The van der Waals surface area contributed by atoms with E-state index in [2.05, 4.69) is 0 Å². The number of methoxy groups -OCH3 is 1. The van der Waals surface area contributed by atoms with Gasteiger partial charge in [-0.3, -0.25) is 9.59 Å². The van der Waals surface area contributed by atoms with Crippen LogP contribution in [-0.4, -0.2) is 61.5 Å². The van der Waals surface area contributed by atoms with Gasteiger partial charge in [0.05, 0.1) is 13.2 Å². The maximum absolute atomic E-state index is 11.5. The Bertz CT molecular complexity index is 590. The molecule has 0 radical (unpaired) electrons. The SMILES string of the molecule is COC[C@H]1OC(OC(C)=O)[C@H](OCc2ccccc2)[C@@H](OC(C)=O)[C@@H]1O. The van der Waals surface area contributed by atoms with Crippen molar-refractivity contribution in [3.05, 3.63) is 35.9 Å². The first-order valence-corrected chi connectivity index (χ1v) is 8.24. The Hall–Kier alpha value is -2.00. The van der Waals surface area contributed by atoms with Gasteiger partial charge in [0.25, 0.3) is 0 Å². The molecule has 0 amide bonds. The summed E-state index contributed by atoms with van der Waals surface area (Å²) < 4.78 is 26.9. The third kappa shape index (κ3) is 5.50. The first kappa shape index (κ1) is 20.3. The first-order valence-electron chi connectivity index (χ1n) is 8.24. The molecule has 1 saturated heterocycles. The molecule has 1 aromatic rings. The molecule has 1 aliphatic rings. The predicted octanol–water partition coefficient (Wildman–Crippen LogP) is 0.799. The number of aliphatic hydroxyl groups is 1. The largest absolute Gasteiger partial charge is 0.457 e. The highest BCUT2D eigenvalue weighted by molar-refractivity contribution is 5.67. The predicted molar refractivity (Wildman–Crippen MR) is 88.9 cm³/mol. The van der Waals surface area contributed by atoms with E-state index in [-0.39, 0.29) is 13.2 Å². The van der Waals surface area contributed by atoms with Gasteiger partial charge in [-0.25, -0.2) is 0 Å². The molecule has 0 saturated carbocycles. The summed E-state index contributed by atoms with van der Waals surface area (Å²) in [6.07, 6.45) is -5.26. The highest BCUT2D eigenvalue weighted by Gasteiger charge is 2.49. The number of carbonyl (C=O) groups excluding carboxylic acids is 2.